The molecule has 0 saturated carbocycles. The Morgan fingerprint density at radius 2 is 1.78 bits per heavy atom. The predicted octanol–water partition coefficient (Wildman–Crippen LogP) is 3.00. The molecule has 0 heterocycles. The summed E-state index contributed by atoms with van der Waals surface area (Å²) in [6.07, 6.45) is 0. The van der Waals surface area contributed by atoms with Crippen LogP contribution in [0.4, 0.5) is 8.78 Å². The zero-order chi connectivity index (χ0) is 13.0. The lowest BCUT2D eigenvalue weighted by Crippen LogP contribution is -2.01. The van der Waals surface area contributed by atoms with Crippen LogP contribution in [0, 0.1) is 11.6 Å². The van der Waals surface area contributed by atoms with Crippen molar-refractivity contribution in [2.24, 2.45) is 5.73 Å². The Hall–Kier alpha value is -1.94. The van der Waals surface area contributed by atoms with Crippen LogP contribution in [0.25, 0.3) is 0 Å². The summed E-state index contributed by atoms with van der Waals surface area (Å²) in [7, 11) is 0. The fourth-order valence-corrected chi connectivity index (χ4v) is 1.60. The van der Waals surface area contributed by atoms with E-state index in [0.717, 1.165) is 29.3 Å². The van der Waals surface area contributed by atoms with Crippen LogP contribution < -0.4 is 10.5 Å². The van der Waals surface area contributed by atoms with E-state index in [1.54, 1.807) is 0 Å². The lowest BCUT2D eigenvalue weighted by Gasteiger charge is -2.08. The summed E-state index contributed by atoms with van der Waals surface area (Å²) >= 11 is 0. The Labute approximate surface area is 104 Å². The fraction of sp³-hybridized carbons (Fsp3) is 0.143. The SMILES string of the molecule is NCc1cccc(COc2cc(F)ccc2F)c1. The molecule has 2 N–H and O–H groups in total. The lowest BCUT2D eigenvalue weighted by atomic mass is 10.1. The molecule has 0 fully saturated rings. The van der Waals surface area contributed by atoms with E-state index in [2.05, 4.69) is 0 Å². The number of rotatable bonds is 4. The van der Waals surface area contributed by atoms with Gasteiger partial charge < -0.3 is 10.5 Å². The lowest BCUT2D eigenvalue weighted by molar-refractivity contribution is 0.288. The summed E-state index contributed by atoms with van der Waals surface area (Å²) in [6, 6.07) is 10.6. The highest BCUT2D eigenvalue weighted by atomic mass is 19.1. The molecule has 18 heavy (non-hydrogen) atoms. The van der Waals surface area contributed by atoms with E-state index in [0.29, 0.717) is 6.54 Å². The van der Waals surface area contributed by atoms with Crippen LogP contribution in [0.2, 0.25) is 0 Å². The van der Waals surface area contributed by atoms with E-state index in [9.17, 15) is 8.78 Å². The molecule has 0 aromatic heterocycles. The van der Waals surface area contributed by atoms with E-state index >= 15 is 0 Å². The van der Waals surface area contributed by atoms with Crippen LogP contribution in [0.3, 0.4) is 0 Å². The van der Waals surface area contributed by atoms with Crippen molar-refractivity contribution in [3.63, 3.8) is 0 Å². The number of halogens is 2. The molecule has 0 aliphatic rings. The van der Waals surface area contributed by atoms with E-state index in [-0.39, 0.29) is 12.4 Å². The molecule has 2 aromatic rings. The minimum Gasteiger partial charge on any atom is -0.486 e. The van der Waals surface area contributed by atoms with Gasteiger partial charge in [0.05, 0.1) is 0 Å². The maximum atomic E-state index is 13.3. The van der Waals surface area contributed by atoms with E-state index in [4.69, 9.17) is 10.5 Å². The summed E-state index contributed by atoms with van der Waals surface area (Å²) < 4.78 is 31.5. The summed E-state index contributed by atoms with van der Waals surface area (Å²) in [5.41, 5.74) is 7.35. The maximum absolute atomic E-state index is 13.3. The third kappa shape index (κ3) is 3.05. The highest BCUT2D eigenvalue weighted by Crippen LogP contribution is 2.19. The van der Waals surface area contributed by atoms with Crippen molar-refractivity contribution in [1.29, 1.82) is 0 Å². The summed E-state index contributed by atoms with van der Waals surface area (Å²) in [5, 5.41) is 0. The predicted molar refractivity (Wildman–Crippen MR) is 65.0 cm³/mol. The van der Waals surface area contributed by atoms with Crippen molar-refractivity contribution in [1.82, 2.24) is 0 Å². The van der Waals surface area contributed by atoms with Crippen LogP contribution in [-0.4, -0.2) is 0 Å². The zero-order valence-corrected chi connectivity index (χ0v) is 9.70. The number of nitrogens with two attached hydrogens (primary N) is 1. The first kappa shape index (κ1) is 12.5. The highest BCUT2D eigenvalue weighted by molar-refractivity contribution is 5.27. The Kier molecular flexibility index (Phi) is 3.89. The molecule has 0 radical (unpaired) electrons. The van der Waals surface area contributed by atoms with Gasteiger partial charge in [0.25, 0.3) is 0 Å². The number of hydrogen-bond donors (Lipinski definition) is 1. The first-order valence-corrected chi connectivity index (χ1v) is 5.55. The smallest absolute Gasteiger partial charge is 0.165 e. The molecule has 2 aromatic carbocycles. The quantitative estimate of drug-likeness (QED) is 0.904. The molecule has 0 aliphatic heterocycles. The molecule has 0 amide bonds. The number of hydrogen-bond acceptors (Lipinski definition) is 2. The average Bonchev–Trinajstić information content (AvgIpc) is 2.40. The first-order valence-electron chi connectivity index (χ1n) is 5.55. The molecule has 0 saturated heterocycles. The van der Waals surface area contributed by atoms with Crippen LogP contribution in [0.1, 0.15) is 11.1 Å². The van der Waals surface area contributed by atoms with Crippen LogP contribution in [0.15, 0.2) is 42.5 Å². The molecule has 0 aliphatic carbocycles. The van der Waals surface area contributed by atoms with E-state index < -0.39 is 11.6 Å². The van der Waals surface area contributed by atoms with E-state index in [1.165, 1.54) is 0 Å². The first-order chi connectivity index (χ1) is 8.69. The van der Waals surface area contributed by atoms with Crippen molar-refractivity contribution in [3.8, 4) is 5.75 Å². The standard InChI is InChI=1S/C14H13F2NO/c15-12-4-5-13(16)14(7-12)18-9-11-3-1-2-10(6-11)8-17/h1-7H,8-9,17H2. The molecule has 0 bridgehead atoms. The van der Waals surface area contributed by atoms with Crippen LogP contribution in [0.5, 0.6) is 5.75 Å². The zero-order valence-electron chi connectivity index (χ0n) is 9.70. The fourth-order valence-electron chi connectivity index (χ4n) is 1.60. The molecule has 2 rings (SSSR count). The van der Waals surface area contributed by atoms with Gasteiger partial charge in [-0.15, -0.1) is 0 Å². The average molecular weight is 249 g/mol. The van der Waals surface area contributed by atoms with Gasteiger partial charge in [-0.25, -0.2) is 8.78 Å². The summed E-state index contributed by atoms with van der Waals surface area (Å²) in [5.74, 6) is -1.19. The third-order valence-corrected chi connectivity index (χ3v) is 2.51. The monoisotopic (exact) mass is 249 g/mol. The molecule has 0 spiro atoms. The Balaban J connectivity index is 2.08. The molecule has 0 unspecified atom stereocenters. The van der Waals surface area contributed by atoms with Gasteiger partial charge in [0.2, 0.25) is 0 Å². The molecular formula is C14H13F2NO. The maximum Gasteiger partial charge on any atom is 0.165 e. The molecule has 2 nitrogen and oxygen atoms in total. The Bertz CT molecular complexity index is 543. The van der Waals surface area contributed by atoms with Crippen molar-refractivity contribution in [2.75, 3.05) is 0 Å². The Morgan fingerprint density at radius 1 is 1.00 bits per heavy atom. The van der Waals surface area contributed by atoms with Gasteiger partial charge in [-0.2, -0.15) is 0 Å². The summed E-state index contributed by atoms with van der Waals surface area (Å²) in [4.78, 5) is 0. The second-order valence-corrected chi connectivity index (χ2v) is 3.89. The van der Waals surface area contributed by atoms with Crippen LogP contribution >= 0.6 is 0 Å². The largest absolute Gasteiger partial charge is 0.486 e. The third-order valence-electron chi connectivity index (χ3n) is 2.51. The second kappa shape index (κ2) is 5.60. The number of benzene rings is 2. The van der Waals surface area contributed by atoms with Gasteiger partial charge in [-0.1, -0.05) is 24.3 Å². The highest BCUT2D eigenvalue weighted by Gasteiger charge is 2.05. The topological polar surface area (TPSA) is 35.2 Å². The van der Waals surface area contributed by atoms with Crippen molar-refractivity contribution < 1.29 is 13.5 Å². The molecule has 0 atom stereocenters. The number of ether oxygens (including phenoxy) is 1. The molecular weight excluding hydrogens is 236 g/mol. The molecule has 94 valence electrons. The van der Waals surface area contributed by atoms with Gasteiger partial charge in [-0.3, -0.25) is 0 Å². The van der Waals surface area contributed by atoms with Crippen molar-refractivity contribution in [3.05, 3.63) is 65.2 Å². The molecule has 4 heteroatoms. The van der Waals surface area contributed by atoms with Gasteiger partial charge in [-0.05, 0) is 23.3 Å². The Morgan fingerprint density at radius 3 is 2.56 bits per heavy atom. The van der Waals surface area contributed by atoms with Gasteiger partial charge in [0, 0.05) is 12.6 Å². The minimum absolute atomic E-state index is 0.0897. The van der Waals surface area contributed by atoms with Crippen LogP contribution in [-0.2, 0) is 13.2 Å². The van der Waals surface area contributed by atoms with Crippen molar-refractivity contribution >= 4 is 0 Å². The second-order valence-electron chi connectivity index (χ2n) is 3.89. The summed E-state index contributed by atoms with van der Waals surface area (Å²) in [6.45, 7) is 0.608. The minimum atomic E-state index is -0.577. The van der Waals surface area contributed by atoms with Crippen molar-refractivity contribution in [2.45, 2.75) is 13.2 Å². The van der Waals surface area contributed by atoms with E-state index in [1.807, 2.05) is 24.3 Å². The van der Waals surface area contributed by atoms with Gasteiger partial charge in [0.15, 0.2) is 11.6 Å². The van der Waals surface area contributed by atoms with Gasteiger partial charge >= 0.3 is 0 Å². The van der Waals surface area contributed by atoms with Gasteiger partial charge in [0.1, 0.15) is 12.4 Å². The normalized spacial score (nSPS) is 10.4.